The van der Waals surface area contributed by atoms with E-state index in [2.05, 4.69) is 0 Å². The molecular formula is C35H31ClN2O5. The number of hydrogen-bond acceptors (Lipinski definition) is 5. The average Bonchev–Trinajstić information content (AvgIpc) is 3.39. The minimum absolute atomic E-state index is 0.00752. The molecule has 2 aliphatic heterocycles. The number of phenols is 1. The zero-order valence-corrected chi connectivity index (χ0v) is 24.4. The molecular weight excluding hydrogens is 564 g/mol. The largest absolute Gasteiger partial charge is 0.508 e. The number of halogens is 1. The van der Waals surface area contributed by atoms with Crippen LogP contribution in [0.25, 0.3) is 0 Å². The summed E-state index contributed by atoms with van der Waals surface area (Å²) in [6.07, 6.45) is 3.25. The zero-order valence-electron chi connectivity index (χ0n) is 23.7. The number of aromatic hydroxyl groups is 1. The summed E-state index contributed by atoms with van der Waals surface area (Å²) in [4.78, 5) is 59.5. The normalized spacial score (nSPS) is 29.8. The SMILES string of the molecule is CCCN1C(=O)[C@H]2[C@H](CC=C3[C@H]2C[C@H]2C(=O)N(c4cccc(Cl)c4)C(=O)[C@@]2(c2ccccc2)[C@H]3c2ccccc2O)C1=O. The second kappa shape index (κ2) is 10.2. The number of phenolic OH excluding ortho intramolecular Hbond substituents is 1. The highest BCUT2D eigenvalue weighted by molar-refractivity contribution is 6.32. The smallest absolute Gasteiger partial charge is 0.246 e. The van der Waals surface area contributed by atoms with Crippen molar-refractivity contribution in [1.29, 1.82) is 0 Å². The van der Waals surface area contributed by atoms with Crippen LogP contribution in [0.4, 0.5) is 5.69 Å². The molecule has 0 radical (unpaired) electrons. The minimum atomic E-state index is -1.40. The van der Waals surface area contributed by atoms with Gasteiger partial charge in [0.1, 0.15) is 5.75 Å². The molecule has 43 heavy (non-hydrogen) atoms. The lowest BCUT2D eigenvalue weighted by atomic mass is 9.49. The minimum Gasteiger partial charge on any atom is -0.508 e. The molecule has 4 amide bonds. The van der Waals surface area contributed by atoms with Gasteiger partial charge in [0.15, 0.2) is 0 Å². The van der Waals surface area contributed by atoms with Crippen molar-refractivity contribution in [2.75, 3.05) is 11.4 Å². The monoisotopic (exact) mass is 594 g/mol. The first kappa shape index (κ1) is 27.6. The maximum Gasteiger partial charge on any atom is 0.246 e. The Bertz CT molecular complexity index is 1700. The van der Waals surface area contributed by atoms with E-state index < -0.39 is 40.9 Å². The maximum atomic E-state index is 15.1. The Morgan fingerprint density at radius 3 is 2.35 bits per heavy atom. The average molecular weight is 595 g/mol. The molecule has 1 N–H and O–H groups in total. The number of benzene rings is 3. The fraction of sp³-hybridized carbons (Fsp3) is 0.314. The van der Waals surface area contributed by atoms with Crippen LogP contribution in [0.3, 0.4) is 0 Å². The molecule has 0 spiro atoms. The van der Waals surface area contributed by atoms with Crippen molar-refractivity contribution in [2.45, 2.75) is 37.5 Å². The van der Waals surface area contributed by atoms with Crippen LogP contribution in [-0.2, 0) is 24.6 Å². The van der Waals surface area contributed by atoms with E-state index in [4.69, 9.17) is 11.6 Å². The van der Waals surface area contributed by atoms with E-state index in [1.165, 1.54) is 9.80 Å². The van der Waals surface area contributed by atoms with Gasteiger partial charge in [0, 0.05) is 23.0 Å². The molecule has 8 heteroatoms. The van der Waals surface area contributed by atoms with E-state index >= 15 is 4.79 Å². The van der Waals surface area contributed by atoms with Gasteiger partial charge in [-0.3, -0.25) is 24.1 Å². The predicted molar refractivity (Wildman–Crippen MR) is 161 cm³/mol. The van der Waals surface area contributed by atoms with Crippen LogP contribution in [0, 0.1) is 23.7 Å². The molecule has 3 aromatic rings. The molecule has 7 nitrogen and oxygen atoms in total. The molecule has 0 bridgehead atoms. The van der Waals surface area contributed by atoms with Crippen LogP contribution in [0.5, 0.6) is 5.75 Å². The first-order valence-electron chi connectivity index (χ1n) is 14.8. The van der Waals surface area contributed by atoms with Crippen LogP contribution in [0.2, 0.25) is 5.02 Å². The quantitative estimate of drug-likeness (QED) is 0.306. The first-order chi connectivity index (χ1) is 20.8. The van der Waals surface area contributed by atoms with Crippen LogP contribution in [0.15, 0.2) is 90.5 Å². The highest BCUT2D eigenvalue weighted by Crippen LogP contribution is 2.65. The number of anilines is 1. The highest BCUT2D eigenvalue weighted by atomic mass is 35.5. The molecule has 4 aliphatic rings. The van der Waals surface area contributed by atoms with Gasteiger partial charge in [-0.15, -0.1) is 0 Å². The molecule has 7 rings (SSSR count). The molecule has 3 aromatic carbocycles. The van der Waals surface area contributed by atoms with Gasteiger partial charge in [0.2, 0.25) is 23.6 Å². The van der Waals surface area contributed by atoms with Crippen LogP contribution >= 0.6 is 11.6 Å². The van der Waals surface area contributed by atoms with Crippen LogP contribution < -0.4 is 4.90 Å². The topological polar surface area (TPSA) is 95.0 Å². The van der Waals surface area contributed by atoms with Gasteiger partial charge in [-0.05, 0) is 55.0 Å². The van der Waals surface area contributed by atoms with Crippen LogP contribution in [-0.4, -0.2) is 40.2 Å². The number of amides is 4. The zero-order chi connectivity index (χ0) is 30.0. The summed E-state index contributed by atoms with van der Waals surface area (Å²) < 4.78 is 0. The third-order valence-electron chi connectivity index (χ3n) is 9.95. The van der Waals surface area contributed by atoms with Gasteiger partial charge < -0.3 is 5.11 Å². The number of rotatable bonds is 5. The molecule has 3 fully saturated rings. The third-order valence-corrected chi connectivity index (χ3v) is 10.2. The summed E-state index contributed by atoms with van der Waals surface area (Å²) >= 11 is 6.33. The van der Waals surface area contributed by atoms with Crippen molar-refractivity contribution in [3.63, 3.8) is 0 Å². The number of allylic oxidation sites excluding steroid dienone is 2. The number of para-hydroxylation sites is 1. The Balaban J connectivity index is 1.49. The molecule has 6 atom stereocenters. The lowest BCUT2D eigenvalue weighted by molar-refractivity contribution is -0.140. The fourth-order valence-electron chi connectivity index (χ4n) is 8.33. The lowest BCUT2D eigenvalue weighted by Gasteiger charge is -2.50. The number of likely N-dealkylation sites (tertiary alicyclic amines) is 1. The number of nitrogens with zero attached hydrogens (tertiary/aromatic N) is 2. The van der Waals surface area contributed by atoms with E-state index in [0.717, 1.165) is 5.57 Å². The fourth-order valence-corrected chi connectivity index (χ4v) is 8.51. The number of carbonyl (C=O) groups is 4. The van der Waals surface area contributed by atoms with Crippen molar-refractivity contribution < 1.29 is 24.3 Å². The Morgan fingerprint density at radius 1 is 0.884 bits per heavy atom. The summed E-state index contributed by atoms with van der Waals surface area (Å²) in [5, 5.41) is 11.7. The van der Waals surface area contributed by atoms with E-state index in [-0.39, 0.29) is 29.9 Å². The van der Waals surface area contributed by atoms with Crippen LogP contribution in [0.1, 0.15) is 43.2 Å². The lowest BCUT2D eigenvalue weighted by Crippen LogP contribution is -2.53. The second-order valence-electron chi connectivity index (χ2n) is 12.0. The van der Waals surface area contributed by atoms with E-state index in [0.29, 0.717) is 41.2 Å². The van der Waals surface area contributed by atoms with Gasteiger partial charge in [0.25, 0.3) is 0 Å². The van der Waals surface area contributed by atoms with Gasteiger partial charge in [-0.25, -0.2) is 4.90 Å². The van der Waals surface area contributed by atoms with Gasteiger partial charge >= 0.3 is 0 Å². The Morgan fingerprint density at radius 2 is 1.63 bits per heavy atom. The van der Waals surface area contributed by atoms with Gasteiger partial charge in [0.05, 0.1) is 28.9 Å². The Labute approximate surface area is 254 Å². The van der Waals surface area contributed by atoms with Gasteiger partial charge in [-0.2, -0.15) is 0 Å². The summed E-state index contributed by atoms with van der Waals surface area (Å²) in [5.74, 6) is -4.30. The van der Waals surface area contributed by atoms with Crippen molar-refractivity contribution in [3.05, 3.63) is 107 Å². The summed E-state index contributed by atoms with van der Waals surface area (Å²) in [6, 6.07) is 22.9. The third kappa shape index (κ3) is 3.80. The summed E-state index contributed by atoms with van der Waals surface area (Å²) in [5.41, 5.74) is 0.987. The first-order valence-corrected chi connectivity index (χ1v) is 15.2. The maximum absolute atomic E-state index is 15.1. The van der Waals surface area contributed by atoms with Crippen molar-refractivity contribution in [2.24, 2.45) is 23.7 Å². The van der Waals surface area contributed by atoms with E-state index in [1.807, 2.05) is 49.4 Å². The molecule has 2 heterocycles. The molecule has 2 aliphatic carbocycles. The standard InChI is InChI=1S/C35H31ClN2O5/c1-2-17-37-31(40)25-16-15-23-26(29(25)33(37)42)19-27-32(41)38(22-12-8-11-21(36)18-22)34(43)35(27,20-9-4-3-5-10-20)30(23)24-13-6-7-14-28(24)39/h3-15,18,25-27,29-30,39H,2,16-17,19H2,1H3/t25-,26+,27-,29-,30+,35+/m0/s1. The molecule has 2 saturated heterocycles. The van der Waals surface area contributed by atoms with Crippen molar-refractivity contribution in [1.82, 2.24) is 4.90 Å². The summed E-state index contributed by atoms with van der Waals surface area (Å²) in [7, 11) is 0. The Kier molecular flexibility index (Phi) is 6.54. The number of imide groups is 2. The number of carbonyl (C=O) groups excluding carboxylic acids is 4. The number of hydrogen-bond donors (Lipinski definition) is 1. The molecule has 1 saturated carbocycles. The van der Waals surface area contributed by atoms with Gasteiger partial charge in [-0.1, -0.05) is 84.8 Å². The van der Waals surface area contributed by atoms with E-state index in [1.54, 1.807) is 42.5 Å². The molecule has 0 unspecified atom stereocenters. The molecule has 218 valence electrons. The summed E-state index contributed by atoms with van der Waals surface area (Å²) in [6.45, 7) is 2.29. The van der Waals surface area contributed by atoms with Crippen molar-refractivity contribution in [3.8, 4) is 5.75 Å². The number of fused-ring (bicyclic) bond motifs is 4. The van der Waals surface area contributed by atoms with Crippen molar-refractivity contribution >= 4 is 40.9 Å². The van der Waals surface area contributed by atoms with E-state index in [9.17, 15) is 19.5 Å². The predicted octanol–water partition coefficient (Wildman–Crippen LogP) is 5.62. The second-order valence-corrected chi connectivity index (χ2v) is 12.4. The molecule has 0 aromatic heterocycles. The Hall–Kier alpha value is -4.23. The highest BCUT2D eigenvalue weighted by Gasteiger charge is 2.70.